The Labute approximate surface area is 99.5 Å². The molecule has 1 unspecified atom stereocenters. The van der Waals surface area contributed by atoms with Crippen LogP contribution in [0.15, 0.2) is 29.7 Å². The topological polar surface area (TPSA) is 101 Å². The summed E-state index contributed by atoms with van der Waals surface area (Å²) in [4.78, 5) is 15.7. The molecule has 6 heteroatoms. The van der Waals surface area contributed by atoms with Crippen molar-refractivity contribution >= 4 is 11.7 Å². The highest BCUT2D eigenvalue weighted by molar-refractivity contribution is 5.98. The highest BCUT2D eigenvalue weighted by Gasteiger charge is 2.21. The zero-order valence-corrected chi connectivity index (χ0v) is 9.79. The molecular formula is C11H16N4O2. The molecule has 0 fully saturated rings. The summed E-state index contributed by atoms with van der Waals surface area (Å²) in [5.74, 6) is -0.267. The average Bonchev–Trinajstić information content (AvgIpc) is 2.35. The van der Waals surface area contributed by atoms with E-state index in [0.29, 0.717) is 5.56 Å². The summed E-state index contributed by atoms with van der Waals surface area (Å²) in [6, 6.07) is 2.69. The molecule has 92 valence electrons. The lowest BCUT2D eigenvalue weighted by atomic mass is 10.0. The van der Waals surface area contributed by atoms with Gasteiger partial charge in [0.2, 0.25) is 0 Å². The third kappa shape index (κ3) is 3.44. The van der Waals surface area contributed by atoms with Gasteiger partial charge in [0.25, 0.3) is 5.91 Å². The Kier molecular flexibility index (Phi) is 4.45. The summed E-state index contributed by atoms with van der Waals surface area (Å²) in [6.07, 6.45) is 3.06. The van der Waals surface area contributed by atoms with Crippen molar-refractivity contribution in [1.29, 1.82) is 0 Å². The Morgan fingerprint density at radius 1 is 1.47 bits per heavy atom. The van der Waals surface area contributed by atoms with Crippen LogP contribution in [-0.2, 0) is 0 Å². The molecule has 1 amide bonds. The van der Waals surface area contributed by atoms with E-state index in [1.165, 1.54) is 12.4 Å². The number of nitrogens with one attached hydrogen (secondary N) is 1. The van der Waals surface area contributed by atoms with Gasteiger partial charge in [-0.3, -0.25) is 9.78 Å². The highest BCUT2D eigenvalue weighted by Crippen LogP contribution is 2.04. The Morgan fingerprint density at radius 2 is 2.06 bits per heavy atom. The van der Waals surface area contributed by atoms with Crippen LogP contribution in [0, 0.1) is 5.92 Å². The van der Waals surface area contributed by atoms with Crippen molar-refractivity contribution in [3.8, 4) is 0 Å². The van der Waals surface area contributed by atoms with Crippen LogP contribution in [0.4, 0.5) is 0 Å². The molecule has 0 spiro atoms. The first-order valence-corrected chi connectivity index (χ1v) is 5.24. The number of aromatic nitrogens is 1. The maximum Gasteiger partial charge on any atom is 0.251 e. The molecule has 0 bridgehead atoms. The van der Waals surface area contributed by atoms with E-state index in [0.717, 1.165) is 0 Å². The Hall–Kier alpha value is -2.11. The van der Waals surface area contributed by atoms with Crippen LogP contribution < -0.4 is 11.1 Å². The zero-order chi connectivity index (χ0) is 12.8. The third-order valence-electron chi connectivity index (χ3n) is 2.33. The molecule has 0 aliphatic carbocycles. The summed E-state index contributed by atoms with van der Waals surface area (Å²) in [7, 11) is 0. The van der Waals surface area contributed by atoms with Crippen LogP contribution in [0.2, 0.25) is 0 Å². The van der Waals surface area contributed by atoms with Crippen LogP contribution in [0.1, 0.15) is 24.2 Å². The Bertz CT molecular complexity index is 403. The standard InChI is InChI=1S/C11H16N4O2/c1-7(2)9(10(12)15-17)14-11(16)8-3-5-13-6-4-8/h3-7,9,17H,1-2H3,(H2,12,15)(H,14,16). The first-order valence-electron chi connectivity index (χ1n) is 5.24. The minimum atomic E-state index is -0.499. The molecule has 0 aliphatic rings. The lowest BCUT2D eigenvalue weighted by Crippen LogP contribution is -2.47. The smallest absolute Gasteiger partial charge is 0.251 e. The fraction of sp³-hybridized carbons (Fsp3) is 0.364. The van der Waals surface area contributed by atoms with Crippen molar-refractivity contribution in [2.24, 2.45) is 16.8 Å². The highest BCUT2D eigenvalue weighted by atomic mass is 16.4. The van der Waals surface area contributed by atoms with Gasteiger partial charge in [-0.25, -0.2) is 0 Å². The van der Waals surface area contributed by atoms with Gasteiger partial charge in [0.15, 0.2) is 5.84 Å². The molecule has 1 rings (SSSR count). The molecule has 4 N–H and O–H groups in total. The SMILES string of the molecule is CC(C)C(NC(=O)c1ccncc1)C(N)=NO. The van der Waals surface area contributed by atoms with Crippen molar-refractivity contribution in [3.05, 3.63) is 30.1 Å². The summed E-state index contributed by atoms with van der Waals surface area (Å²) >= 11 is 0. The van der Waals surface area contributed by atoms with E-state index < -0.39 is 6.04 Å². The van der Waals surface area contributed by atoms with Gasteiger partial charge in [0.1, 0.15) is 0 Å². The van der Waals surface area contributed by atoms with Gasteiger partial charge in [-0.2, -0.15) is 0 Å². The maximum atomic E-state index is 11.8. The molecular weight excluding hydrogens is 220 g/mol. The summed E-state index contributed by atoms with van der Waals surface area (Å²) in [5.41, 5.74) is 6.00. The monoisotopic (exact) mass is 236 g/mol. The zero-order valence-electron chi connectivity index (χ0n) is 9.79. The van der Waals surface area contributed by atoms with Crippen molar-refractivity contribution in [2.45, 2.75) is 19.9 Å². The normalized spacial score (nSPS) is 13.5. The lowest BCUT2D eigenvalue weighted by molar-refractivity contribution is 0.0938. The van der Waals surface area contributed by atoms with E-state index in [-0.39, 0.29) is 17.7 Å². The average molecular weight is 236 g/mol. The molecule has 0 aliphatic heterocycles. The number of oxime groups is 1. The summed E-state index contributed by atoms with van der Waals surface area (Å²) in [5, 5.41) is 14.3. The maximum absolute atomic E-state index is 11.8. The molecule has 1 aromatic heterocycles. The van der Waals surface area contributed by atoms with Crippen LogP contribution in [0.25, 0.3) is 0 Å². The Morgan fingerprint density at radius 3 is 2.53 bits per heavy atom. The van der Waals surface area contributed by atoms with E-state index >= 15 is 0 Å². The van der Waals surface area contributed by atoms with E-state index in [9.17, 15) is 4.79 Å². The molecule has 0 radical (unpaired) electrons. The number of amidine groups is 1. The van der Waals surface area contributed by atoms with E-state index in [4.69, 9.17) is 10.9 Å². The number of carbonyl (C=O) groups is 1. The fourth-order valence-corrected chi connectivity index (χ4v) is 1.37. The molecule has 1 atom stereocenters. The van der Waals surface area contributed by atoms with Crippen LogP contribution in [0.5, 0.6) is 0 Å². The van der Waals surface area contributed by atoms with Crippen molar-refractivity contribution in [3.63, 3.8) is 0 Å². The van der Waals surface area contributed by atoms with Gasteiger partial charge >= 0.3 is 0 Å². The lowest BCUT2D eigenvalue weighted by Gasteiger charge is -2.20. The molecule has 1 heterocycles. The third-order valence-corrected chi connectivity index (χ3v) is 2.33. The predicted octanol–water partition coefficient (Wildman–Crippen LogP) is 0.582. The molecule has 0 aromatic carbocycles. The molecule has 0 saturated carbocycles. The van der Waals surface area contributed by atoms with Gasteiger partial charge in [-0.05, 0) is 18.1 Å². The second-order valence-corrected chi connectivity index (χ2v) is 3.96. The van der Waals surface area contributed by atoms with Gasteiger partial charge < -0.3 is 16.3 Å². The quantitative estimate of drug-likeness (QED) is 0.308. The van der Waals surface area contributed by atoms with Crippen molar-refractivity contribution < 1.29 is 10.0 Å². The first kappa shape index (κ1) is 13.0. The predicted molar refractivity (Wildman–Crippen MR) is 63.7 cm³/mol. The van der Waals surface area contributed by atoms with Gasteiger partial charge in [-0.15, -0.1) is 0 Å². The molecule has 17 heavy (non-hydrogen) atoms. The largest absolute Gasteiger partial charge is 0.409 e. The number of amides is 1. The van der Waals surface area contributed by atoms with E-state index in [1.54, 1.807) is 12.1 Å². The van der Waals surface area contributed by atoms with Crippen molar-refractivity contribution in [2.75, 3.05) is 0 Å². The number of hydrogen-bond donors (Lipinski definition) is 3. The van der Waals surface area contributed by atoms with Crippen LogP contribution >= 0.6 is 0 Å². The van der Waals surface area contributed by atoms with E-state index in [1.807, 2.05) is 13.8 Å². The second-order valence-electron chi connectivity index (χ2n) is 3.96. The molecule has 0 saturated heterocycles. The van der Waals surface area contributed by atoms with Crippen LogP contribution in [-0.4, -0.2) is 28.0 Å². The number of carbonyl (C=O) groups excluding carboxylic acids is 1. The molecule has 1 aromatic rings. The number of hydrogen-bond acceptors (Lipinski definition) is 4. The van der Waals surface area contributed by atoms with E-state index in [2.05, 4.69) is 15.5 Å². The minimum Gasteiger partial charge on any atom is -0.409 e. The van der Waals surface area contributed by atoms with Gasteiger partial charge in [-0.1, -0.05) is 19.0 Å². The number of pyridine rings is 1. The first-order chi connectivity index (χ1) is 8.06. The number of nitrogens with zero attached hydrogens (tertiary/aromatic N) is 2. The second kappa shape index (κ2) is 5.83. The van der Waals surface area contributed by atoms with Gasteiger partial charge in [0.05, 0.1) is 6.04 Å². The van der Waals surface area contributed by atoms with Crippen LogP contribution in [0.3, 0.4) is 0 Å². The summed E-state index contributed by atoms with van der Waals surface area (Å²) < 4.78 is 0. The summed E-state index contributed by atoms with van der Waals surface area (Å²) in [6.45, 7) is 3.74. The number of rotatable bonds is 4. The van der Waals surface area contributed by atoms with Crippen molar-refractivity contribution in [1.82, 2.24) is 10.3 Å². The molecule has 6 nitrogen and oxygen atoms in total. The fourth-order valence-electron chi connectivity index (χ4n) is 1.37. The number of nitrogens with two attached hydrogens (primary N) is 1. The minimum absolute atomic E-state index is 0.0117. The van der Waals surface area contributed by atoms with Gasteiger partial charge in [0, 0.05) is 18.0 Å². The Balaban J connectivity index is 2.79.